The number of ether oxygens (including phenoxy) is 1. The van der Waals surface area contributed by atoms with Crippen LogP contribution in [0.25, 0.3) is 0 Å². The summed E-state index contributed by atoms with van der Waals surface area (Å²) in [5.41, 5.74) is 0. The van der Waals surface area contributed by atoms with Gasteiger partial charge in [0.2, 0.25) is 0 Å². The number of nitrogens with zero attached hydrogens (tertiary/aromatic N) is 1. The summed E-state index contributed by atoms with van der Waals surface area (Å²) in [5.74, 6) is 4.36. The number of rotatable bonds is 9. The van der Waals surface area contributed by atoms with Crippen LogP contribution in [0.4, 0.5) is 0 Å². The predicted octanol–water partition coefficient (Wildman–Crippen LogP) is 3.37. The van der Waals surface area contributed by atoms with Crippen LogP contribution in [0, 0.1) is 5.41 Å². The molecule has 1 aromatic heterocycles. The summed E-state index contributed by atoms with van der Waals surface area (Å²) in [6.45, 7) is 3.34. The van der Waals surface area contributed by atoms with E-state index in [1.165, 1.54) is 0 Å². The Balaban J connectivity index is 2.12. The van der Waals surface area contributed by atoms with Gasteiger partial charge in [0.25, 0.3) is 0 Å². The molecule has 4 nitrogen and oxygen atoms in total. The van der Waals surface area contributed by atoms with Gasteiger partial charge in [-0.1, -0.05) is 0 Å². The van der Waals surface area contributed by atoms with E-state index < -0.39 is 0 Å². The molecule has 5 heteroatoms. The molecule has 0 aliphatic carbocycles. The Kier molecular flexibility index (Phi) is 7.67. The van der Waals surface area contributed by atoms with Crippen molar-refractivity contribution >= 4 is 17.7 Å². The van der Waals surface area contributed by atoms with Crippen LogP contribution in [-0.4, -0.2) is 37.3 Å². The molecule has 0 saturated carbocycles. The molecule has 1 rings (SSSR count). The summed E-state index contributed by atoms with van der Waals surface area (Å²) >= 11 is 1.84. The zero-order valence-corrected chi connectivity index (χ0v) is 12.9. The van der Waals surface area contributed by atoms with Crippen molar-refractivity contribution in [2.75, 3.05) is 26.5 Å². The Morgan fingerprint density at radius 1 is 1.37 bits per heavy atom. The lowest BCUT2D eigenvalue weighted by molar-refractivity contribution is 0.314. The molecule has 1 N–H and O–H groups in total. The first-order valence-corrected chi connectivity index (χ1v) is 7.77. The lowest BCUT2D eigenvalue weighted by Gasteiger charge is -2.06. The fraction of sp³-hybridized carbons (Fsp3) is 0.643. The lowest BCUT2D eigenvalue weighted by atomic mass is 10.3. The minimum atomic E-state index is 0.398. The van der Waals surface area contributed by atoms with Crippen molar-refractivity contribution in [2.45, 2.75) is 32.1 Å². The summed E-state index contributed by atoms with van der Waals surface area (Å²) in [7, 11) is 4.06. The normalized spacial score (nSPS) is 10.9. The number of nitrogens with one attached hydrogen (secondary N) is 1. The molecule has 0 aromatic carbocycles. The van der Waals surface area contributed by atoms with Crippen LogP contribution >= 0.6 is 11.8 Å². The van der Waals surface area contributed by atoms with Gasteiger partial charge in [-0.15, -0.1) is 0 Å². The van der Waals surface area contributed by atoms with Crippen LogP contribution in [0.3, 0.4) is 0 Å². The molecule has 0 atom stereocenters. The molecule has 0 aliphatic heterocycles. The summed E-state index contributed by atoms with van der Waals surface area (Å²) in [6, 6.07) is 4.09. The third-order valence-corrected chi connectivity index (χ3v) is 3.51. The van der Waals surface area contributed by atoms with E-state index in [1.54, 1.807) is 0 Å². The predicted molar refractivity (Wildman–Crippen MR) is 80.8 cm³/mol. The Labute approximate surface area is 120 Å². The van der Waals surface area contributed by atoms with Crippen LogP contribution in [0.2, 0.25) is 0 Å². The van der Waals surface area contributed by atoms with Crippen molar-refractivity contribution in [3.05, 3.63) is 23.7 Å². The van der Waals surface area contributed by atoms with Gasteiger partial charge < -0.3 is 14.1 Å². The highest BCUT2D eigenvalue weighted by Gasteiger charge is 2.03. The van der Waals surface area contributed by atoms with E-state index >= 15 is 0 Å². The molecule has 0 spiro atoms. The number of hydrogen-bond donors (Lipinski definition) is 1. The summed E-state index contributed by atoms with van der Waals surface area (Å²) in [5, 5.41) is 7.50. The molecule has 0 amide bonds. The third-order valence-electron chi connectivity index (χ3n) is 2.44. The molecule has 0 fully saturated rings. The fourth-order valence-corrected chi connectivity index (χ4v) is 2.50. The molecular formula is C14H24N2O2S. The molecule has 0 aliphatic rings. The van der Waals surface area contributed by atoms with Gasteiger partial charge in [0.05, 0.1) is 18.9 Å². The first kappa shape index (κ1) is 16.1. The van der Waals surface area contributed by atoms with Gasteiger partial charge in [-0.2, -0.15) is 11.8 Å². The highest BCUT2D eigenvalue weighted by molar-refractivity contribution is 7.98. The minimum Gasteiger partial charge on any atom is -0.481 e. The number of hydrogen-bond acceptors (Lipinski definition) is 5. The third kappa shape index (κ3) is 7.28. The van der Waals surface area contributed by atoms with E-state index in [4.69, 9.17) is 14.6 Å². The smallest absolute Gasteiger partial charge is 0.180 e. The first-order chi connectivity index (χ1) is 9.11. The van der Waals surface area contributed by atoms with E-state index in [1.807, 2.05) is 44.9 Å². The van der Waals surface area contributed by atoms with Crippen LogP contribution in [0.5, 0.6) is 0 Å². The van der Waals surface area contributed by atoms with Crippen molar-refractivity contribution in [3.8, 4) is 0 Å². The average Bonchev–Trinajstić information content (AvgIpc) is 2.75. The van der Waals surface area contributed by atoms with Gasteiger partial charge in [-0.3, -0.25) is 5.41 Å². The monoisotopic (exact) mass is 284 g/mol. The Morgan fingerprint density at radius 2 is 2.11 bits per heavy atom. The van der Waals surface area contributed by atoms with Crippen molar-refractivity contribution in [1.82, 2.24) is 4.90 Å². The second kappa shape index (κ2) is 9.04. The van der Waals surface area contributed by atoms with Gasteiger partial charge in [0.1, 0.15) is 11.5 Å². The van der Waals surface area contributed by atoms with Crippen LogP contribution in [0.1, 0.15) is 31.3 Å². The lowest BCUT2D eigenvalue weighted by Crippen LogP contribution is -2.09. The van der Waals surface area contributed by atoms with Crippen molar-refractivity contribution in [2.24, 2.45) is 0 Å². The number of thioether (sulfide) groups is 1. The van der Waals surface area contributed by atoms with E-state index in [-0.39, 0.29) is 0 Å². The highest BCUT2D eigenvalue weighted by atomic mass is 32.2. The topological polar surface area (TPSA) is 49.5 Å². The maximum absolute atomic E-state index is 7.50. The molecule has 1 aromatic rings. The maximum Gasteiger partial charge on any atom is 0.180 e. The van der Waals surface area contributed by atoms with E-state index in [0.717, 1.165) is 42.4 Å². The SMILES string of the molecule is CCOC(=N)CCCSCc1ccc(CN(C)C)o1. The average molecular weight is 284 g/mol. The quantitative estimate of drug-likeness (QED) is 0.429. The van der Waals surface area contributed by atoms with Crippen LogP contribution in [0.15, 0.2) is 16.5 Å². The first-order valence-electron chi connectivity index (χ1n) is 6.62. The molecule has 1 heterocycles. The van der Waals surface area contributed by atoms with Gasteiger partial charge in [-0.05, 0) is 45.3 Å². The molecule has 0 unspecified atom stereocenters. The zero-order chi connectivity index (χ0) is 14.1. The van der Waals surface area contributed by atoms with Gasteiger partial charge >= 0.3 is 0 Å². The maximum atomic E-state index is 7.50. The van der Waals surface area contributed by atoms with Crippen molar-refractivity contribution in [1.29, 1.82) is 5.41 Å². The van der Waals surface area contributed by atoms with E-state index in [9.17, 15) is 0 Å². The van der Waals surface area contributed by atoms with Crippen LogP contribution in [-0.2, 0) is 17.0 Å². The van der Waals surface area contributed by atoms with Crippen molar-refractivity contribution < 1.29 is 9.15 Å². The molecule has 0 radical (unpaired) electrons. The molecule has 0 bridgehead atoms. The second-order valence-electron chi connectivity index (χ2n) is 4.62. The van der Waals surface area contributed by atoms with Gasteiger partial charge in [0, 0.05) is 6.42 Å². The van der Waals surface area contributed by atoms with E-state index in [2.05, 4.69) is 4.90 Å². The number of furan rings is 1. The largest absolute Gasteiger partial charge is 0.481 e. The van der Waals surface area contributed by atoms with E-state index in [0.29, 0.717) is 12.5 Å². The Bertz CT molecular complexity index is 377. The Hall–Kier alpha value is -0.940. The molecule has 0 saturated heterocycles. The fourth-order valence-electron chi connectivity index (χ4n) is 1.65. The second-order valence-corrected chi connectivity index (χ2v) is 5.72. The summed E-state index contributed by atoms with van der Waals surface area (Å²) in [6.07, 6.45) is 1.71. The molecule has 108 valence electrons. The Morgan fingerprint density at radius 3 is 2.79 bits per heavy atom. The standard InChI is InChI=1S/C14H24N2O2S/c1-4-17-14(15)6-5-9-19-11-13-8-7-12(18-13)10-16(2)3/h7-8,15H,4-6,9-11H2,1-3H3. The zero-order valence-electron chi connectivity index (χ0n) is 12.1. The minimum absolute atomic E-state index is 0.398. The van der Waals surface area contributed by atoms with Crippen molar-refractivity contribution in [3.63, 3.8) is 0 Å². The summed E-state index contributed by atoms with van der Waals surface area (Å²) in [4.78, 5) is 2.09. The van der Waals surface area contributed by atoms with Gasteiger partial charge in [-0.25, -0.2) is 0 Å². The molecule has 19 heavy (non-hydrogen) atoms. The van der Waals surface area contributed by atoms with Gasteiger partial charge in [0.15, 0.2) is 5.90 Å². The summed E-state index contributed by atoms with van der Waals surface area (Å²) < 4.78 is 10.8. The highest BCUT2D eigenvalue weighted by Crippen LogP contribution is 2.17. The van der Waals surface area contributed by atoms with Crippen LogP contribution < -0.4 is 0 Å². The molecular weight excluding hydrogens is 260 g/mol.